The van der Waals surface area contributed by atoms with E-state index in [9.17, 15) is 9.59 Å². The van der Waals surface area contributed by atoms with Gasteiger partial charge in [-0.15, -0.1) is 0 Å². The van der Waals surface area contributed by atoms with E-state index in [1.807, 2.05) is 67.6 Å². The van der Waals surface area contributed by atoms with Crippen molar-refractivity contribution >= 4 is 11.8 Å². The highest BCUT2D eigenvalue weighted by atomic mass is 16.2. The number of carbonyl (C=O) groups is 2. The Morgan fingerprint density at radius 3 is 2.15 bits per heavy atom. The minimum Gasteiger partial charge on any atom is -0.347 e. The van der Waals surface area contributed by atoms with Gasteiger partial charge >= 0.3 is 0 Å². The van der Waals surface area contributed by atoms with Crippen LogP contribution in [0.1, 0.15) is 43.7 Å². The maximum Gasteiger partial charge on any atom is 0.242 e. The second-order valence-corrected chi connectivity index (χ2v) is 6.36. The van der Waals surface area contributed by atoms with Gasteiger partial charge in [0.2, 0.25) is 11.8 Å². The molecule has 0 saturated heterocycles. The second-order valence-electron chi connectivity index (χ2n) is 6.36. The molecule has 0 bridgehead atoms. The molecule has 0 spiro atoms. The van der Waals surface area contributed by atoms with Gasteiger partial charge in [0.05, 0.1) is 12.5 Å². The summed E-state index contributed by atoms with van der Waals surface area (Å²) in [6, 6.07) is 19.6. The van der Waals surface area contributed by atoms with Crippen LogP contribution in [0.5, 0.6) is 0 Å². The van der Waals surface area contributed by atoms with Crippen molar-refractivity contribution in [1.29, 1.82) is 0 Å². The van der Waals surface area contributed by atoms with Crippen LogP contribution in [0, 0.1) is 0 Å². The normalized spacial score (nSPS) is 11.6. The van der Waals surface area contributed by atoms with E-state index < -0.39 is 0 Å². The maximum atomic E-state index is 12.6. The molecule has 4 heteroatoms. The van der Waals surface area contributed by atoms with E-state index in [-0.39, 0.29) is 24.3 Å². The summed E-state index contributed by atoms with van der Waals surface area (Å²) >= 11 is 0. The van der Waals surface area contributed by atoms with Crippen LogP contribution in [0.15, 0.2) is 60.7 Å². The summed E-state index contributed by atoms with van der Waals surface area (Å²) in [5, 5.41) is 2.84. The van der Waals surface area contributed by atoms with Crippen LogP contribution in [0.3, 0.4) is 0 Å². The topological polar surface area (TPSA) is 49.4 Å². The Kier molecular flexibility index (Phi) is 7.87. The van der Waals surface area contributed by atoms with Crippen molar-refractivity contribution in [2.45, 2.75) is 39.2 Å². The molecule has 0 saturated carbocycles. The molecule has 2 rings (SSSR count). The fourth-order valence-corrected chi connectivity index (χ4v) is 3.00. The van der Waals surface area contributed by atoms with Crippen molar-refractivity contribution < 1.29 is 9.59 Å². The molecule has 0 radical (unpaired) electrons. The first-order valence-corrected chi connectivity index (χ1v) is 9.30. The van der Waals surface area contributed by atoms with Crippen molar-refractivity contribution in [3.63, 3.8) is 0 Å². The zero-order valence-electron chi connectivity index (χ0n) is 15.7. The largest absolute Gasteiger partial charge is 0.347 e. The van der Waals surface area contributed by atoms with Crippen molar-refractivity contribution in [3.05, 3.63) is 71.8 Å². The first-order valence-electron chi connectivity index (χ1n) is 9.30. The van der Waals surface area contributed by atoms with E-state index in [0.717, 1.165) is 24.0 Å². The van der Waals surface area contributed by atoms with E-state index in [2.05, 4.69) is 12.2 Å². The average molecular weight is 352 g/mol. The number of amides is 2. The molecular weight excluding hydrogens is 324 g/mol. The SMILES string of the molecule is CCCC(C(=O)NCC(=O)N(CC)Cc1ccccc1)c1ccccc1. The monoisotopic (exact) mass is 352 g/mol. The van der Waals surface area contributed by atoms with Crippen LogP contribution in [0.25, 0.3) is 0 Å². The molecule has 0 fully saturated rings. The Morgan fingerprint density at radius 1 is 0.962 bits per heavy atom. The summed E-state index contributed by atoms with van der Waals surface area (Å²) in [4.78, 5) is 26.9. The number of hydrogen-bond acceptors (Lipinski definition) is 2. The summed E-state index contributed by atoms with van der Waals surface area (Å²) in [6.07, 6.45) is 1.68. The predicted octanol–water partition coefficient (Wildman–Crippen LogP) is 3.74. The lowest BCUT2D eigenvalue weighted by Crippen LogP contribution is -2.41. The molecule has 1 unspecified atom stereocenters. The van der Waals surface area contributed by atoms with E-state index in [0.29, 0.717) is 13.1 Å². The second kappa shape index (κ2) is 10.4. The third kappa shape index (κ3) is 5.73. The molecule has 1 atom stereocenters. The van der Waals surface area contributed by atoms with Gasteiger partial charge in [0.15, 0.2) is 0 Å². The van der Waals surface area contributed by atoms with Gasteiger partial charge in [-0.3, -0.25) is 9.59 Å². The molecule has 138 valence electrons. The number of nitrogens with zero attached hydrogens (tertiary/aromatic N) is 1. The zero-order valence-corrected chi connectivity index (χ0v) is 15.7. The summed E-state index contributed by atoms with van der Waals surface area (Å²) in [7, 11) is 0. The minimum atomic E-state index is -0.210. The van der Waals surface area contributed by atoms with Gasteiger partial charge in [-0.05, 0) is 24.5 Å². The number of hydrogen-bond donors (Lipinski definition) is 1. The quantitative estimate of drug-likeness (QED) is 0.747. The Hall–Kier alpha value is -2.62. The summed E-state index contributed by atoms with van der Waals surface area (Å²) in [6.45, 7) is 5.22. The lowest BCUT2D eigenvalue weighted by molar-refractivity contribution is -0.133. The first kappa shape index (κ1) is 19.7. The molecular formula is C22H28N2O2. The molecule has 4 nitrogen and oxygen atoms in total. The lowest BCUT2D eigenvalue weighted by atomic mass is 9.93. The van der Waals surface area contributed by atoms with Crippen molar-refractivity contribution in [1.82, 2.24) is 10.2 Å². The molecule has 0 heterocycles. The molecule has 0 aliphatic rings. The van der Waals surface area contributed by atoms with Crippen molar-refractivity contribution in [2.75, 3.05) is 13.1 Å². The van der Waals surface area contributed by atoms with Crippen LogP contribution in [0.4, 0.5) is 0 Å². The maximum absolute atomic E-state index is 12.6. The predicted molar refractivity (Wildman–Crippen MR) is 105 cm³/mol. The summed E-state index contributed by atoms with van der Waals surface area (Å²) in [5.41, 5.74) is 2.08. The summed E-state index contributed by atoms with van der Waals surface area (Å²) < 4.78 is 0. The van der Waals surface area contributed by atoms with Gasteiger partial charge in [0, 0.05) is 13.1 Å². The number of likely N-dealkylation sites (N-methyl/N-ethyl adjacent to an activating group) is 1. The third-order valence-electron chi connectivity index (χ3n) is 4.46. The minimum absolute atomic E-state index is 0.0343. The van der Waals surface area contributed by atoms with Crippen molar-refractivity contribution in [2.24, 2.45) is 0 Å². The smallest absolute Gasteiger partial charge is 0.242 e. The average Bonchev–Trinajstić information content (AvgIpc) is 2.69. The Labute approximate surface area is 156 Å². The van der Waals surface area contributed by atoms with Gasteiger partial charge < -0.3 is 10.2 Å². The Balaban J connectivity index is 1.94. The van der Waals surface area contributed by atoms with Crippen LogP contribution in [-0.2, 0) is 16.1 Å². The van der Waals surface area contributed by atoms with E-state index in [1.54, 1.807) is 4.90 Å². The standard InChI is InChI=1S/C22H28N2O2/c1-3-11-20(19-14-9-6-10-15-19)22(26)23-16-21(25)24(4-2)17-18-12-7-5-8-13-18/h5-10,12-15,20H,3-4,11,16-17H2,1-2H3,(H,23,26). The number of nitrogens with one attached hydrogen (secondary N) is 1. The Morgan fingerprint density at radius 2 is 1.58 bits per heavy atom. The highest BCUT2D eigenvalue weighted by Crippen LogP contribution is 2.21. The summed E-state index contributed by atoms with van der Waals surface area (Å²) in [5.74, 6) is -0.353. The molecule has 2 aromatic rings. The lowest BCUT2D eigenvalue weighted by Gasteiger charge is -2.22. The number of carbonyl (C=O) groups excluding carboxylic acids is 2. The Bertz CT molecular complexity index is 686. The molecule has 2 amide bonds. The van der Waals surface area contributed by atoms with Crippen molar-refractivity contribution in [3.8, 4) is 0 Å². The number of benzene rings is 2. The van der Waals surface area contributed by atoms with Crippen LogP contribution < -0.4 is 5.32 Å². The molecule has 0 aliphatic carbocycles. The molecule has 2 aromatic carbocycles. The van der Waals surface area contributed by atoms with Crippen LogP contribution in [0.2, 0.25) is 0 Å². The van der Waals surface area contributed by atoms with Gasteiger partial charge in [-0.1, -0.05) is 74.0 Å². The van der Waals surface area contributed by atoms with Gasteiger partial charge in [0.25, 0.3) is 0 Å². The highest BCUT2D eigenvalue weighted by molar-refractivity contribution is 5.88. The first-order chi connectivity index (χ1) is 12.7. The molecule has 0 aliphatic heterocycles. The molecule has 26 heavy (non-hydrogen) atoms. The van der Waals surface area contributed by atoms with Gasteiger partial charge in [-0.2, -0.15) is 0 Å². The zero-order chi connectivity index (χ0) is 18.8. The number of rotatable bonds is 9. The van der Waals surface area contributed by atoms with Gasteiger partial charge in [0.1, 0.15) is 0 Å². The third-order valence-corrected chi connectivity index (χ3v) is 4.46. The van der Waals surface area contributed by atoms with E-state index in [1.165, 1.54) is 0 Å². The van der Waals surface area contributed by atoms with E-state index in [4.69, 9.17) is 0 Å². The molecule has 0 aromatic heterocycles. The fraction of sp³-hybridized carbons (Fsp3) is 0.364. The van der Waals surface area contributed by atoms with Gasteiger partial charge in [-0.25, -0.2) is 0 Å². The highest BCUT2D eigenvalue weighted by Gasteiger charge is 2.21. The fourth-order valence-electron chi connectivity index (χ4n) is 3.00. The van der Waals surface area contributed by atoms with Crippen LogP contribution >= 0.6 is 0 Å². The van der Waals surface area contributed by atoms with E-state index >= 15 is 0 Å². The molecule has 1 N–H and O–H groups in total. The van der Waals surface area contributed by atoms with Crippen LogP contribution in [-0.4, -0.2) is 29.8 Å².